The van der Waals surface area contributed by atoms with Crippen LogP contribution in [0.3, 0.4) is 0 Å². The van der Waals surface area contributed by atoms with Gasteiger partial charge in [-0.05, 0) is 56.2 Å². The second-order valence-corrected chi connectivity index (χ2v) is 7.97. The average molecular weight is 423 g/mol. The normalized spacial score (nSPS) is 11.7. The third kappa shape index (κ3) is 5.73. The topological polar surface area (TPSA) is 69.0 Å². The molecule has 0 aliphatic carbocycles. The number of aromatic nitrogens is 3. The predicted molar refractivity (Wildman–Crippen MR) is 121 cm³/mol. The molecule has 1 N–H and O–H groups in total. The first-order valence-electron chi connectivity index (χ1n) is 9.73. The molecule has 0 saturated carbocycles. The van der Waals surface area contributed by atoms with Crippen molar-refractivity contribution in [1.82, 2.24) is 14.8 Å². The summed E-state index contributed by atoms with van der Waals surface area (Å²) in [4.78, 5) is 12.3. The molecular weight excluding hydrogens is 396 g/mol. The fourth-order valence-corrected chi connectivity index (χ4v) is 3.87. The van der Waals surface area contributed by atoms with Crippen LogP contribution < -0.4 is 10.1 Å². The molecule has 156 valence electrons. The summed E-state index contributed by atoms with van der Waals surface area (Å²) < 4.78 is 8.05. The van der Waals surface area contributed by atoms with E-state index in [4.69, 9.17) is 4.74 Å². The van der Waals surface area contributed by atoms with E-state index in [1.165, 1.54) is 11.8 Å². The molecule has 7 heteroatoms. The molecule has 1 amide bonds. The van der Waals surface area contributed by atoms with Crippen molar-refractivity contribution in [2.75, 3.05) is 11.1 Å². The number of ether oxygens (including phenoxy) is 1. The van der Waals surface area contributed by atoms with Crippen molar-refractivity contribution in [2.24, 2.45) is 0 Å². The Kier molecular flexibility index (Phi) is 7.30. The number of carbonyl (C=O) groups is 1. The molecule has 0 fully saturated rings. The highest BCUT2D eigenvalue weighted by Gasteiger charge is 2.20. The maximum absolute atomic E-state index is 12.3. The van der Waals surface area contributed by atoms with Crippen molar-refractivity contribution in [3.8, 4) is 5.75 Å². The fraction of sp³-hybridized carbons (Fsp3) is 0.261. The molecule has 3 aromatic rings. The molecule has 1 aromatic heterocycles. The van der Waals surface area contributed by atoms with E-state index in [2.05, 4.69) is 28.2 Å². The quantitative estimate of drug-likeness (QED) is 0.390. The number of aryl methyl sites for hydroxylation is 2. The van der Waals surface area contributed by atoms with Gasteiger partial charge in [0.15, 0.2) is 17.1 Å². The number of allylic oxidation sites excluding steroid dienone is 1. The highest BCUT2D eigenvalue weighted by Crippen LogP contribution is 2.26. The standard InChI is InChI=1S/C23H26N4O2S/c1-5-11-27-22(18(4)29-20-13-16(2)12-17(3)14-20)25-26-23(27)30-15-21(28)24-19-9-7-6-8-10-19/h5-10,12-14,18H,1,11,15H2,2-4H3,(H,24,28)/t18-/m0/s1. The maximum Gasteiger partial charge on any atom is 0.234 e. The SMILES string of the molecule is C=CCn1c(SCC(=O)Nc2ccccc2)nnc1[C@H](C)Oc1cc(C)cc(C)c1. The van der Waals surface area contributed by atoms with E-state index in [1.54, 1.807) is 6.08 Å². The maximum atomic E-state index is 12.3. The molecule has 0 radical (unpaired) electrons. The minimum absolute atomic E-state index is 0.0968. The van der Waals surface area contributed by atoms with Gasteiger partial charge in [0.1, 0.15) is 5.75 Å². The van der Waals surface area contributed by atoms with Crippen LogP contribution in [0.4, 0.5) is 5.69 Å². The molecule has 0 spiro atoms. The molecule has 30 heavy (non-hydrogen) atoms. The van der Waals surface area contributed by atoms with Crippen molar-refractivity contribution in [3.63, 3.8) is 0 Å². The summed E-state index contributed by atoms with van der Waals surface area (Å²) in [7, 11) is 0. The van der Waals surface area contributed by atoms with Gasteiger partial charge in [-0.2, -0.15) is 0 Å². The lowest BCUT2D eigenvalue weighted by atomic mass is 10.1. The van der Waals surface area contributed by atoms with Gasteiger partial charge in [-0.15, -0.1) is 16.8 Å². The van der Waals surface area contributed by atoms with Gasteiger partial charge in [0.2, 0.25) is 5.91 Å². The highest BCUT2D eigenvalue weighted by molar-refractivity contribution is 7.99. The van der Waals surface area contributed by atoms with Crippen molar-refractivity contribution in [1.29, 1.82) is 0 Å². The number of benzene rings is 2. The fourth-order valence-electron chi connectivity index (χ4n) is 3.11. The molecule has 0 saturated heterocycles. The Morgan fingerprint density at radius 2 is 1.90 bits per heavy atom. The third-order valence-corrected chi connectivity index (χ3v) is 5.29. The number of hydrogen-bond acceptors (Lipinski definition) is 5. The number of carbonyl (C=O) groups excluding carboxylic acids is 1. The number of amides is 1. The van der Waals surface area contributed by atoms with Crippen LogP contribution in [0.2, 0.25) is 0 Å². The average Bonchev–Trinajstić information content (AvgIpc) is 3.09. The van der Waals surface area contributed by atoms with Crippen molar-refractivity contribution >= 4 is 23.4 Å². The number of nitrogens with one attached hydrogen (secondary N) is 1. The largest absolute Gasteiger partial charge is 0.483 e. The first kappa shape index (κ1) is 21.6. The van der Waals surface area contributed by atoms with Crippen LogP contribution in [0.25, 0.3) is 0 Å². The van der Waals surface area contributed by atoms with Crippen molar-refractivity contribution in [2.45, 2.75) is 38.6 Å². The van der Waals surface area contributed by atoms with Gasteiger partial charge in [-0.3, -0.25) is 9.36 Å². The van der Waals surface area contributed by atoms with Crippen LogP contribution in [0, 0.1) is 13.8 Å². The lowest BCUT2D eigenvalue weighted by Crippen LogP contribution is -2.15. The summed E-state index contributed by atoms with van der Waals surface area (Å²) in [5, 5.41) is 12.1. The molecule has 6 nitrogen and oxygen atoms in total. The van der Waals surface area contributed by atoms with Crippen LogP contribution in [0.1, 0.15) is 30.0 Å². The van der Waals surface area contributed by atoms with Crippen LogP contribution in [-0.4, -0.2) is 26.4 Å². The molecule has 0 aliphatic heterocycles. The summed E-state index contributed by atoms with van der Waals surface area (Å²) in [5.41, 5.74) is 3.06. The Morgan fingerprint density at radius 1 is 1.20 bits per heavy atom. The summed E-state index contributed by atoms with van der Waals surface area (Å²) in [6, 6.07) is 15.5. The molecule has 2 aromatic carbocycles. The third-order valence-electron chi connectivity index (χ3n) is 4.32. The number of para-hydroxylation sites is 1. The van der Waals surface area contributed by atoms with E-state index in [-0.39, 0.29) is 17.8 Å². The number of rotatable bonds is 9. The van der Waals surface area contributed by atoms with E-state index in [0.29, 0.717) is 17.5 Å². The molecular formula is C23H26N4O2S. The van der Waals surface area contributed by atoms with E-state index >= 15 is 0 Å². The van der Waals surface area contributed by atoms with E-state index in [0.717, 1.165) is 22.6 Å². The summed E-state index contributed by atoms with van der Waals surface area (Å²) in [6.07, 6.45) is 1.48. The summed E-state index contributed by atoms with van der Waals surface area (Å²) >= 11 is 1.34. The Bertz CT molecular complexity index is 997. The van der Waals surface area contributed by atoms with Crippen LogP contribution >= 0.6 is 11.8 Å². The molecule has 0 aliphatic rings. The minimum Gasteiger partial charge on any atom is -0.483 e. The van der Waals surface area contributed by atoms with Gasteiger partial charge < -0.3 is 10.1 Å². The van der Waals surface area contributed by atoms with Gasteiger partial charge >= 0.3 is 0 Å². The van der Waals surface area contributed by atoms with Gasteiger partial charge in [-0.25, -0.2) is 0 Å². The second-order valence-electron chi connectivity index (χ2n) is 7.03. The van der Waals surface area contributed by atoms with E-state index in [9.17, 15) is 4.79 Å². The Morgan fingerprint density at radius 3 is 2.57 bits per heavy atom. The highest BCUT2D eigenvalue weighted by atomic mass is 32.2. The van der Waals surface area contributed by atoms with E-state index < -0.39 is 0 Å². The van der Waals surface area contributed by atoms with Gasteiger partial charge in [-0.1, -0.05) is 42.1 Å². The second kappa shape index (κ2) is 10.1. The summed E-state index contributed by atoms with van der Waals surface area (Å²) in [6.45, 7) is 10.4. The predicted octanol–water partition coefficient (Wildman–Crippen LogP) is 4.95. The molecule has 1 heterocycles. The zero-order valence-corrected chi connectivity index (χ0v) is 18.3. The first-order chi connectivity index (χ1) is 14.5. The number of nitrogens with zero attached hydrogens (tertiary/aromatic N) is 3. The monoisotopic (exact) mass is 422 g/mol. The lowest BCUT2D eigenvalue weighted by Gasteiger charge is -2.16. The van der Waals surface area contributed by atoms with Crippen molar-refractivity contribution < 1.29 is 9.53 Å². The van der Waals surface area contributed by atoms with Crippen LogP contribution in [-0.2, 0) is 11.3 Å². The summed E-state index contributed by atoms with van der Waals surface area (Å²) in [5.74, 6) is 1.63. The number of anilines is 1. The number of hydrogen-bond donors (Lipinski definition) is 1. The van der Waals surface area contributed by atoms with E-state index in [1.807, 2.05) is 67.8 Å². The lowest BCUT2D eigenvalue weighted by molar-refractivity contribution is -0.113. The van der Waals surface area contributed by atoms with Gasteiger partial charge in [0, 0.05) is 12.2 Å². The minimum atomic E-state index is -0.300. The number of thioether (sulfide) groups is 1. The Labute approximate surface area is 181 Å². The molecule has 3 rings (SSSR count). The zero-order valence-electron chi connectivity index (χ0n) is 17.5. The first-order valence-corrected chi connectivity index (χ1v) is 10.7. The molecule has 0 unspecified atom stereocenters. The van der Waals surface area contributed by atoms with Crippen molar-refractivity contribution in [3.05, 3.63) is 78.1 Å². The molecule has 0 bridgehead atoms. The Balaban J connectivity index is 1.69. The zero-order chi connectivity index (χ0) is 21.5. The van der Waals surface area contributed by atoms with Gasteiger partial charge in [0.25, 0.3) is 0 Å². The molecule has 1 atom stereocenters. The van der Waals surface area contributed by atoms with Gasteiger partial charge in [0.05, 0.1) is 5.75 Å². The van der Waals surface area contributed by atoms with Crippen LogP contribution in [0.15, 0.2) is 66.3 Å². The smallest absolute Gasteiger partial charge is 0.234 e. The Hall–Kier alpha value is -3.06. The van der Waals surface area contributed by atoms with Crippen LogP contribution in [0.5, 0.6) is 5.75 Å².